The van der Waals surface area contributed by atoms with Gasteiger partial charge < -0.3 is 19.3 Å². The molecule has 0 unspecified atom stereocenters. The van der Waals surface area contributed by atoms with Crippen molar-refractivity contribution in [3.63, 3.8) is 0 Å². The zero-order valence-corrected chi connectivity index (χ0v) is 13.0. The number of rotatable bonds is 2. The maximum atomic E-state index is 12.4. The molecule has 2 aromatic rings. The predicted molar refractivity (Wildman–Crippen MR) is 82.4 cm³/mol. The summed E-state index contributed by atoms with van der Waals surface area (Å²) in [5.41, 5.74) is -0.372. The number of benzene rings is 2. The maximum Gasteiger partial charge on any atom is 0.174 e. The number of phenols is 1. The quantitative estimate of drug-likeness (QED) is 0.922. The summed E-state index contributed by atoms with van der Waals surface area (Å²) in [6.45, 7) is 3.70. The van der Waals surface area contributed by atoms with Gasteiger partial charge in [0, 0.05) is 6.07 Å². The van der Waals surface area contributed by atoms with E-state index in [2.05, 4.69) is 0 Å². The molecule has 0 saturated carbocycles. The Morgan fingerprint density at radius 1 is 1.18 bits per heavy atom. The number of phenolic OH excluding ortho intramolecular Hbond substituents is 1. The maximum absolute atomic E-state index is 12.4. The van der Waals surface area contributed by atoms with Gasteiger partial charge >= 0.3 is 0 Å². The number of carbonyl (C=O) groups is 1. The molecule has 0 bridgehead atoms. The molecule has 5 heteroatoms. The molecule has 1 heterocycles. The SMILES string of the molecule is COc1cc(OC)c2c(O)c3c(cc2c1)OC(C)(C)CC3=O. The van der Waals surface area contributed by atoms with Gasteiger partial charge in [-0.3, -0.25) is 4.79 Å². The summed E-state index contributed by atoms with van der Waals surface area (Å²) in [6.07, 6.45) is 0.220. The average molecular weight is 302 g/mol. The summed E-state index contributed by atoms with van der Waals surface area (Å²) in [5.74, 6) is 1.20. The second-order valence-electron chi connectivity index (χ2n) is 5.99. The summed E-state index contributed by atoms with van der Waals surface area (Å²) < 4.78 is 16.4. The van der Waals surface area contributed by atoms with Crippen LogP contribution in [0.3, 0.4) is 0 Å². The van der Waals surface area contributed by atoms with Crippen molar-refractivity contribution in [3.05, 3.63) is 23.8 Å². The molecule has 0 aliphatic carbocycles. The highest BCUT2D eigenvalue weighted by Gasteiger charge is 2.35. The molecular formula is C17H18O5. The van der Waals surface area contributed by atoms with Crippen LogP contribution in [-0.4, -0.2) is 30.7 Å². The van der Waals surface area contributed by atoms with Crippen LogP contribution >= 0.6 is 0 Å². The number of fused-ring (bicyclic) bond motifs is 2. The van der Waals surface area contributed by atoms with E-state index in [0.29, 0.717) is 28.0 Å². The van der Waals surface area contributed by atoms with E-state index in [0.717, 1.165) is 0 Å². The number of aromatic hydroxyl groups is 1. The first-order valence-electron chi connectivity index (χ1n) is 7.00. The normalized spacial score (nSPS) is 16.1. The molecule has 0 radical (unpaired) electrons. The Morgan fingerprint density at radius 3 is 2.55 bits per heavy atom. The van der Waals surface area contributed by atoms with Crippen molar-refractivity contribution >= 4 is 16.6 Å². The second-order valence-corrected chi connectivity index (χ2v) is 5.99. The number of ketones is 1. The molecule has 1 N–H and O–H groups in total. The fourth-order valence-electron chi connectivity index (χ4n) is 2.87. The number of carbonyl (C=O) groups excluding carboxylic acids is 1. The van der Waals surface area contributed by atoms with Crippen molar-refractivity contribution in [2.24, 2.45) is 0 Å². The lowest BCUT2D eigenvalue weighted by atomic mass is 9.90. The smallest absolute Gasteiger partial charge is 0.174 e. The largest absolute Gasteiger partial charge is 0.506 e. The first-order chi connectivity index (χ1) is 10.4. The number of hydrogen-bond acceptors (Lipinski definition) is 5. The van der Waals surface area contributed by atoms with Crippen LogP contribution in [0.1, 0.15) is 30.6 Å². The summed E-state index contributed by atoms with van der Waals surface area (Å²) in [5, 5.41) is 11.8. The highest BCUT2D eigenvalue weighted by Crippen LogP contribution is 2.46. The van der Waals surface area contributed by atoms with Crippen molar-refractivity contribution in [2.45, 2.75) is 25.9 Å². The number of ether oxygens (including phenoxy) is 3. The third-order valence-corrected chi connectivity index (χ3v) is 3.82. The van der Waals surface area contributed by atoms with Crippen molar-refractivity contribution in [2.75, 3.05) is 14.2 Å². The molecule has 1 aliphatic heterocycles. The summed E-state index contributed by atoms with van der Waals surface area (Å²) in [6, 6.07) is 5.19. The lowest BCUT2D eigenvalue weighted by Gasteiger charge is -2.32. The number of hydrogen-bond donors (Lipinski definition) is 1. The monoisotopic (exact) mass is 302 g/mol. The molecule has 5 nitrogen and oxygen atoms in total. The van der Waals surface area contributed by atoms with E-state index < -0.39 is 5.60 Å². The number of Topliss-reactive ketones (excluding diaryl/α,β-unsaturated/α-hetero) is 1. The predicted octanol–water partition coefficient (Wildman–Crippen LogP) is 3.31. The second kappa shape index (κ2) is 4.80. The van der Waals surface area contributed by atoms with Crippen LogP contribution in [0.2, 0.25) is 0 Å². The molecule has 0 saturated heterocycles. The van der Waals surface area contributed by atoms with Crippen LogP contribution in [0.4, 0.5) is 0 Å². The molecule has 0 fully saturated rings. The highest BCUT2D eigenvalue weighted by atomic mass is 16.5. The van der Waals surface area contributed by atoms with Crippen LogP contribution in [0.25, 0.3) is 10.8 Å². The van der Waals surface area contributed by atoms with E-state index >= 15 is 0 Å². The third-order valence-electron chi connectivity index (χ3n) is 3.82. The molecule has 1 aliphatic rings. The standard InChI is InChI=1S/C17H18O5/c1-17(2)8-11(18)15-13(22-17)6-9-5-10(20-3)7-12(21-4)14(9)16(15)19/h5-7,19H,8H2,1-4H3. The Bertz CT molecular complexity index is 776. The molecule has 3 rings (SSSR count). The Labute approximate surface area is 128 Å². The van der Waals surface area contributed by atoms with Gasteiger partial charge in [0.15, 0.2) is 5.78 Å². The van der Waals surface area contributed by atoms with Crippen LogP contribution in [0.15, 0.2) is 18.2 Å². The topological polar surface area (TPSA) is 65.0 Å². The lowest BCUT2D eigenvalue weighted by Crippen LogP contribution is -2.35. The zero-order chi connectivity index (χ0) is 16.1. The van der Waals surface area contributed by atoms with Gasteiger partial charge in [0.25, 0.3) is 0 Å². The van der Waals surface area contributed by atoms with Crippen LogP contribution in [0, 0.1) is 0 Å². The van der Waals surface area contributed by atoms with E-state index in [9.17, 15) is 9.90 Å². The van der Waals surface area contributed by atoms with Gasteiger partial charge in [-0.05, 0) is 31.4 Å². The fraction of sp³-hybridized carbons (Fsp3) is 0.353. The van der Waals surface area contributed by atoms with Crippen molar-refractivity contribution < 1.29 is 24.1 Å². The third kappa shape index (κ3) is 2.13. The van der Waals surface area contributed by atoms with Gasteiger partial charge in [0.2, 0.25) is 0 Å². The van der Waals surface area contributed by atoms with E-state index in [-0.39, 0.29) is 23.5 Å². The van der Waals surface area contributed by atoms with Gasteiger partial charge in [-0.2, -0.15) is 0 Å². The molecule has 116 valence electrons. The molecule has 0 spiro atoms. The van der Waals surface area contributed by atoms with E-state index in [1.54, 1.807) is 25.3 Å². The summed E-state index contributed by atoms with van der Waals surface area (Å²) in [7, 11) is 3.07. The number of methoxy groups -OCH3 is 2. The van der Waals surface area contributed by atoms with E-state index in [1.165, 1.54) is 7.11 Å². The Hall–Kier alpha value is -2.43. The first-order valence-corrected chi connectivity index (χ1v) is 7.00. The van der Waals surface area contributed by atoms with Gasteiger partial charge in [-0.25, -0.2) is 0 Å². The molecule has 22 heavy (non-hydrogen) atoms. The Balaban J connectivity index is 2.36. The van der Waals surface area contributed by atoms with Crippen molar-refractivity contribution in [1.82, 2.24) is 0 Å². The summed E-state index contributed by atoms with van der Waals surface area (Å²) in [4.78, 5) is 12.4. The van der Waals surface area contributed by atoms with Crippen LogP contribution in [0.5, 0.6) is 23.0 Å². The molecule has 0 aromatic heterocycles. The van der Waals surface area contributed by atoms with Crippen LogP contribution in [-0.2, 0) is 0 Å². The van der Waals surface area contributed by atoms with Gasteiger partial charge in [0.05, 0.1) is 26.0 Å². The first kappa shape index (κ1) is 14.5. The zero-order valence-electron chi connectivity index (χ0n) is 13.0. The highest BCUT2D eigenvalue weighted by molar-refractivity contribution is 6.10. The van der Waals surface area contributed by atoms with Gasteiger partial charge in [-0.15, -0.1) is 0 Å². The minimum atomic E-state index is -0.590. The van der Waals surface area contributed by atoms with Gasteiger partial charge in [0.1, 0.15) is 34.2 Å². The minimum Gasteiger partial charge on any atom is -0.506 e. The van der Waals surface area contributed by atoms with Crippen molar-refractivity contribution in [1.29, 1.82) is 0 Å². The molecule has 0 amide bonds. The van der Waals surface area contributed by atoms with Crippen LogP contribution < -0.4 is 14.2 Å². The average Bonchev–Trinajstić information content (AvgIpc) is 2.43. The molecule has 0 atom stereocenters. The lowest BCUT2D eigenvalue weighted by molar-refractivity contribution is 0.0616. The van der Waals surface area contributed by atoms with E-state index in [1.807, 2.05) is 13.8 Å². The van der Waals surface area contributed by atoms with E-state index in [4.69, 9.17) is 14.2 Å². The Kier molecular flexibility index (Phi) is 3.16. The molecular weight excluding hydrogens is 284 g/mol. The summed E-state index contributed by atoms with van der Waals surface area (Å²) >= 11 is 0. The van der Waals surface area contributed by atoms with Gasteiger partial charge in [-0.1, -0.05) is 0 Å². The van der Waals surface area contributed by atoms with Crippen molar-refractivity contribution in [3.8, 4) is 23.0 Å². The minimum absolute atomic E-state index is 0.104. The fourth-order valence-corrected chi connectivity index (χ4v) is 2.87. The molecule has 2 aromatic carbocycles. The Morgan fingerprint density at radius 2 is 1.91 bits per heavy atom.